The Labute approximate surface area is 100 Å². The lowest BCUT2D eigenvalue weighted by Gasteiger charge is -2.23. The number of hydrogen-bond donors (Lipinski definition) is 2. The van der Waals surface area contributed by atoms with Crippen molar-refractivity contribution in [3.8, 4) is 0 Å². The molecule has 0 aromatic heterocycles. The monoisotopic (exact) mass is 236 g/mol. The van der Waals surface area contributed by atoms with E-state index in [4.69, 9.17) is 5.73 Å². The van der Waals surface area contributed by atoms with Gasteiger partial charge in [-0.3, -0.25) is 4.79 Å². The SMILES string of the molecule is CC(N)(C(=O)NCc1ccc(F)cc1)C1CC1. The van der Waals surface area contributed by atoms with Gasteiger partial charge in [-0.1, -0.05) is 12.1 Å². The van der Waals surface area contributed by atoms with Crippen LogP contribution < -0.4 is 11.1 Å². The van der Waals surface area contributed by atoms with Gasteiger partial charge in [-0.05, 0) is 43.4 Å². The molecule has 1 amide bonds. The zero-order chi connectivity index (χ0) is 12.5. The molecule has 0 bridgehead atoms. The molecule has 0 aliphatic heterocycles. The third kappa shape index (κ3) is 2.82. The molecule has 1 atom stereocenters. The van der Waals surface area contributed by atoms with Crippen LogP contribution in [0.25, 0.3) is 0 Å². The Morgan fingerprint density at radius 3 is 2.59 bits per heavy atom. The molecule has 1 aliphatic carbocycles. The Kier molecular flexibility index (Phi) is 3.15. The van der Waals surface area contributed by atoms with E-state index >= 15 is 0 Å². The number of halogens is 1. The van der Waals surface area contributed by atoms with E-state index in [0.717, 1.165) is 18.4 Å². The Bertz CT molecular complexity index is 410. The minimum absolute atomic E-state index is 0.135. The number of hydrogen-bond acceptors (Lipinski definition) is 2. The highest BCUT2D eigenvalue weighted by Crippen LogP contribution is 2.38. The zero-order valence-electron chi connectivity index (χ0n) is 9.87. The van der Waals surface area contributed by atoms with Crippen LogP contribution in [-0.2, 0) is 11.3 Å². The van der Waals surface area contributed by atoms with Gasteiger partial charge in [-0.15, -0.1) is 0 Å². The van der Waals surface area contributed by atoms with Crippen molar-refractivity contribution in [2.45, 2.75) is 31.8 Å². The lowest BCUT2D eigenvalue weighted by Crippen LogP contribution is -2.53. The molecule has 4 heteroatoms. The van der Waals surface area contributed by atoms with Crippen LogP contribution in [-0.4, -0.2) is 11.4 Å². The van der Waals surface area contributed by atoms with Crippen LogP contribution in [0.15, 0.2) is 24.3 Å². The van der Waals surface area contributed by atoms with Crippen molar-refractivity contribution in [1.29, 1.82) is 0 Å². The number of benzene rings is 1. The van der Waals surface area contributed by atoms with E-state index in [1.165, 1.54) is 12.1 Å². The van der Waals surface area contributed by atoms with E-state index in [1.54, 1.807) is 19.1 Å². The summed E-state index contributed by atoms with van der Waals surface area (Å²) in [5.41, 5.74) is 6.07. The van der Waals surface area contributed by atoms with E-state index in [9.17, 15) is 9.18 Å². The maximum Gasteiger partial charge on any atom is 0.240 e. The van der Waals surface area contributed by atoms with Crippen molar-refractivity contribution < 1.29 is 9.18 Å². The third-order valence-corrected chi connectivity index (χ3v) is 3.28. The molecule has 0 radical (unpaired) electrons. The first kappa shape index (κ1) is 12.0. The molecular formula is C13H17FN2O. The average Bonchev–Trinajstić information content (AvgIpc) is 3.11. The van der Waals surface area contributed by atoms with E-state index in [2.05, 4.69) is 5.32 Å². The highest BCUT2D eigenvalue weighted by molar-refractivity contribution is 5.86. The number of amides is 1. The summed E-state index contributed by atoms with van der Waals surface area (Å²) < 4.78 is 12.7. The van der Waals surface area contributed by atoms with Gasteiger partial charge in [0.05, 0.1) is 5.54 Å². The number of carbonyl (C=O) groups excluding carboxylic acids is 1. The fourth-order valence-electron chi connectivity index (χ4n) is 1.84. The van der Waals surface area contributed by atoms with E-state index in [0.29, 0.717) is 12.5 Å². The molecule has 1 fully saturated rings. The molecule has 1 saturated carbocycles. The van der Waals surface area contributed by atoms with Crippen molar-refractivity contribution in [2.75, 3.05) is 0 Å². The minimum Gasteiger partial charge on any atom is -0.350 e. The van der Waals surface area contributed by atoms with Gasteiger partial charge >= 0.3 is 0 Å². The highest BCUT2D eigenvalue weighted by Gasteiger charge is 2.43. The largest absolute Gasteiger partial charge is 0.350 e. The summed E-state index contributed by atoms with van der Waals surface area (Å²) in [6.45, 7) is 2.16. The Balaban J connectivity index is 1.89. The molecular weight excluding hydrogens is 219 g/mol. The predicted molar refractivity (Wildman–Crippen MR) is 63.6 cm³/mol. The number of nitrogens with one attached hydrogen (secondary N) is 1. The maximum absolute atomic E-state index is 12.7. The molecule has 1 unspecified atom stereocenters. The standard InChI is InChI=1S/C13H17FN2O/c1-13(15,10-4-5-10)12(17)16-8-9-2-6-11(14)7-3-9/h2-3,6-7,10H,4-5,8,15H2,1H3,(H,16,17). The molecule has 17 heavy (non-hydrogen) atoms. The summed E-state index contributed by atoms with van der Waals surface area (Å²) in [5.74, 6) is -0.109. The Morgan fingerprint density at radius 1 is 1.47 bits per heavy atom. The highest BCUT2D eigenvalue weighted by atomic mass is 19.1. The first-order chi connectivity index (χ1) is 8.00. The van der Waals surface area contributed by atoms with Crippen LogP contribution in [0.2, 0.25) is 0 Å². The molecule has 0 heterocycles. The fourth-order valence-corrected chi connectivity index (χ4v) is 1.84. The molecule has 92 valence electrons. The summed E-state index contributed by atoms with van der Waals surface area (Å²) in [6, 6.07) is 6.06. The van der Waals surface area contributed by atoms with Crippen molar-refractivity contribution in [3.05, 3.63) is 35.6 Å². The van der Waals surface area contributed by atoms with Gasteiger partial charge in [0, 0.05) is 6.54 Å². The molecule has 3 N–H and O–H groups in total. The van der Waals surface area contributed by atoms with Crippen LogP contribution >= 0.6 is 0 Å². The summed E-state index contributed by atoms with van der Waals surface area (Å²) in [7, 11) is 0. The average molecular weight is 236 g/mol. The summed E-state index contributed by atoms with van der Waals surface area (Å²) >= 11 is 0. The van der Waals surface area contributed by atoms with Gasteiger partial charge in [0.15, 0.2) is 0 Å². The second-order valence-electron chi connectivity index (χ2n) is 4.87. The van der Waals surface area contributed by atoms with Gasteiger partial charge in [-0.2, -0.15) is 0 Å². The van der Waals surface area contributed by atoms with Crippen LogP contribution in [0, 0.1) is 11.7 Å². The van der Waals surface area contributed by atoms with Gasteiger partial charge in [0.2, 0.25) is 5.91 Å². The fraction of sp³-hybridized carbons (Fsp3) is 0.462. The van der Waals surface area contributed by atoms with Crippen molar-refractivity contribution in [2.24, 2.45) is 11.7 Å². The third-order valence-electron chi connectivity index (χ3n) is 3.28. The molecule has 0 spiro atoms. The lowest BCUT2D eigenvalue weighted by molar-refractivity contribution is -0.126. The topological polar surface area (TPSA) is 55.1 Å². The number of nitrogens with two attached hydrogens (primary N) is 1. The second kappa shape index (κ2) is 4.45. The van der Waals surface area contributed by atoms with Crippen molar-refractivity contribution in [3.63, 3.8) is 0 Å². The van der Waals surface area contributed by atoms with Gasteiger partial charge in [0.1, 0.15) is 5.82 Å². The van der Waals surface area contributed by atoms with Gasteiger partial charge in [0.25, 0.3) is 0 Å². The summed E-state index contributed by atoms with van der Waals surface area (Å²) in [6.07, 6.45) is 2.05. The lowest BCUT2D eigenvalue weighted by atomic mass is 9.96. The second-order valence-corrected chi connectivity index (χ2v) is 4.87. The molecule has 1 aromatic rings. The molecule has 3 nitrogen and oxygen atoms in total. The first-order valence-electron chi connectivity index (χ1n) is 5.82. The molecule has 1 aromatic carbocycles. The van der Waals surface area contributed by atoms with Crippen molar-refractivity contribution >= 4 is 5.91 Å². The predicted octanol–water partition coefficient (Wildman–Crippen LogP) is 1.57. The Hall–Kier alpha value is -1.42. The van der Waals surface area contributed by atoms with Crippen LogP contribution in [0.1, 0.15) is 25.3 Å². The minimum atomic E-state index is -0.778. The van der Waals surface area contributed by atoms with E-state index < -0.39 is 5.54 Å². The van der Waals surface area contributed by atoms with Crippen molar-refractivity contribution in [1.82, 2.24) is 5.32 Å². The van der Waals surface area contributed by atoms with E-state index in [1.807, 2.05) is 0 Å². The number of rotatable bonds is 4. The molecule has 0 saturated heterocycles. The molecule has 1 aliphatic rings. The Morgan fingerprint density at radius 2 is 2.06 bits per heavy atom. The maximum atomic E-state index is 12.7. The number of carbonyl (C=O) groups is 1. The summed E-state index contributed by atoms with van der Waals surface area (Å²) in [4.78, 5) is 11.9. The van der Waals surface area contributed by atoms with Gasteiger partial charge in [-0.25, -0.2) is 4.39 Å². The quantitative estimate of drug-likeness (QED) is 0.833. The van der Waals surface area contributed by atoms with E-state index in [-0.39, 0.29) is 11.7 Å². The first-order valence-corrected chi connectivity index (χ1v) is 5.82. The van der Waals surface area contributed by atoms with Gasteiger partial charge < -0.3 is 11.1 Å². The smallest absolute Gasteiger partial charge is 0.240 e. The van der Waals surface area contributed by atoms with Crippen LogP contribution in [0.4, 0.5) is 4.39 Å². The normalized spacial score (nSPS) is 18.5. The zero-order valence-corrected chi connectivity index (χ0v) is 9.87. The summed E-state index contributed by atoms with van der Waals surface area (Å²) in [5, 5.41) is 2.79. The molecule has 2 rings (SSSR count). The van der Waals surface area contributed by atoms with Crippen LogP contribution in [0.3, 0.4) is 0 Å². The van der Waals surface area contributed by atoms with Crippen LogP contribution in [0.5, 0.6) is 0 Å².